The zero-order valence-corrected chi connectivity index (χ0v) is 18.0. The van der Waals surface area contributed by atoms with Crippen LogP contribution in [0.1, 0.15) is 0 Å². The number of pyridine rings is 2. The van der Waals surface area contributed by atoms with E-state index >= 15 is 0 Å². The number of hydrogen-bond acceptors (Lipinski definition) is 5. The molecule has 1 fully saturated rings. The first-order valence-electron chi connectivity index (χ1n) is 9.86. The molecule has 0 saturated carbocycles. The van der Waals surface area contributed by atoms with Gasteiger partial charge in [0.05, 0.1) is 15.9 Å². The molecule has 5 rings (SSSR count). The molecule has 0 aliphatic carbocycles. The molecular weight excluding hydrogens is 436 g/mol. The lowest BCUT2D eigenvalue weighted by atomic mass is 10.1. The minimum absolute atomic E-state index is 0.209. The second-order valence-corrected chi connectivity index (χ2v) is 9.75. The van der Waals surface area contributed by atoms with Gasteiger partial charge in [0.1, 0.15) is 0 Å². The Kier molecular flexibility index (Phi) is 5.02. The summed E-state index contributed by atoms with van der Waals surface area (Å²) in [6.07, 6.45) is 1.71. The van der Waals surface area contributed by atoms with Crippen molar-refractivity contribution in [2.45, 2.75) is 4.90 Å². The van der Waals surface area contributed by atoms with Crippen LogP contribution in [0.4, 0.5) is 0 Å². The van der Waals surface area contributed by atoms with Crippen molar-refractivity contribution in [2.75, 3.05) is 26.2 Å². The van der Waals surface area contributed by atoms with Crippen LogP contribution in [-0.4, -0.2) is 48.5 Å². The van der Waals surface area contributed by atoms with Gasteiger partial charge in [0.15, 0.2) is 0 Å². The number of fused-ring (bicyclic) bond motifs is 3. The summed E-state index contributed by atoms with van der Waals surface area (Å²) in [4.78, 5) is 17.5. The van der Waals surface area contributed by atoms with Gasteiger partial charge in [-0.25, -0.2) is 8.42 Å². The highest BCUT2D eigenvalue weighted by molar-refractivity contribution is 7.89. The summed E-state index contributed by atoms with van der Waals surface area (Å²) in [5, 5.41) is 5.23. The molecule has 1 N–H and O–H groups in total. The van der Waals surface area contributed by atoms with Gasteiger partial charge in [-0.05, 0) is 48.5 Å². The summed E-state index contributed by atoms with van der Waals surface area (Å²) < 4.78 is 28.9. The minimum atomic E-state index is -3.58. The molecular formula is C22H19ClN4O3S. The summed E-state index contributed by atoms with van der Waals surface area (Å²) in [7, 11) is -3.58. The van der Waals surface area contributed by atoms with E-state index in [9.17, 15) is 13.2 Å². The SMILES string of the molecule is O=c1ccc2cnc3ccc(Cl)cc3c2n1-c1ccc(S(=O)(=O)N2CCNCC2)cc1. The molecule has 2 aromatic carbocycles. The van der Waals surface area contributed by atoms with E-state index in [0.717, 1.165) is 10.8 Å². The molecule has 0 bridgehead atoms. The van der Waals surface area contributed by atoms with E-state index < -0.39 is 10.0 Å². The number of halogens is 1. The Morgan fingerprint density at radius 3 is 2.45 bits per heavy atom. The quantitative estimate of drug-likeness (QED) is 0.481. The molecule has 2 aromatic heterocycles. The van der Waals surface area contributed by atoms with Gasteiger partial charge in [-0.2, -0.15) is 4.31 Å². The first-order chi connectivity index (χ1) is 14.9. The number of nitrogens with one attached hydrogen (secondary N) is 1. The lowest BCUT2D eigenvalue weighted by Crippen LogP contribution is -2.46. The maximum atomic E-state index is 12.9. The molecule has 4 aromatic rings. The average molecular weight is 455 g/mol. The second-order valence-electron chi connectivity index (χ2n) is 7.38. The number of hydrogen-bond donors (Lipinski definition) is 1. The predicted octanol–water partition coefficient (Wildman–Crippen LogP) is 2.79. The molecule has 3 heterocycles. The zero-order valence-electron chi connectivity index (χ0n) is 16.5. The number of aromatic nitrogens is 2. The van der Waals surface area contributed by atoms with E-state index in [2.05, 4.69) is 10.3 Å². The molecule has 1 aliphatic heterocycles. The van der Waals surface area contributed by atoms with Gasteiger partial charge in [0, 0.05) is 59.9 Å². The van der Waals surface area contributed by atoms with E-state index in [0.29, 0.717) is 47.9 Å². The number of piperazine rings is 1. The van der Waals surface area contributed by atoms with Gasteiger partial charge >= 0.3 is 0 Å². The van der Waals surface area contributed by atoms with Crippen LogP contribution < -0.4 is 10.9 Å². The summed E-state index contributed by atoms with van der Waals surface area (Å²) in [5.41, 5.74) is 1.74. The molecule has 0 atom stereocenters. The van der Waals surface area contributed by atoms with Crippen LogP contribution in [0, 0.1) is 0 Å². The van der Waals surface area contributed by atoms with E-state index in [1.807, 2.05) is 6.07 Å². The predicted molar refractivity (Wildman–Crippen MR) is 121 cm³/mol. The highest BCUT2D eigenvalue weighted by Crippen LogP contribution is 2.27. The Labute approximate surface area is 183 Å². The van der Waals surface area contributed by atoms with E-state index in [4.69, 9.17) is 11.6 Å². The maximum absolute atomic E-state index is 12.9. The van der Waals surface area contributed by atoms with Gasteiger partial charge in [-0.3, -0.25) is 14.3 Å². The summed E-state index contributed by atoms with van der Waals surface area (Å²) >= 11 is 6.21. The van der Waals surface area contributed by atoms with E-state index in [-0.39, 0.29) is 10.5 Å². The van der Waals surface area contributed by atoms with Crippen LogP contribution in [0.25, 0.3) is 27.5 Å². The molecule has 158 valence electrons. The van der Waals surface area contributed by atoms with Crippen molar-refractivity contribution in [1.29, 1.82) is 0 Å². The fourth-order valence-corrected chi connectivity index (χ4v) is 5.55. The van der Waals surface area contributed by atoms with Crippen LogP contribution in [0.5, 0.6) is 0 Å². The third kappa shape index (κ3) is 3.51. The minimum Gasteiger partial charge on any atom is -0.314 e. The van der Waals surface area contributed by atoms with Crippen molar-refractivity contribution >= 4 is 43.4 Å². The Morgan fingerprint density at radius 1 is 0.968 bits per heavy atom. The van der Waals surface area contributed by atoms with Crippen LogP contribution >= 0.6 is 11.6 Å². The van der Waals surface area contributed by atoms with Crippen molar-refractivity contribution in [3.05, 3.63) is 76.2 Å². The third-order valence-electron chi connectivity index (χ3n) is 5.49. The van der Waals surface area contributed by atoms with Crippen LogP contribution in [0.15, 0.2) is 70.5 Å². The molecule has 0 amide bonds. The standard InChI is InChI=1S/C22H19ClN4O3S/c23-16-2-7-20-19(13-16)22-15(14-25-20)1-8-21(28)27(22)17-3-5-18(6-4-17)31(29,30)26-11-9-24-10-12-26/h1-8,13-14,24H,9-12H2. The number of sulfonamides is 1. The molecule has 0 spiro atoms. The van der Waals surface area contributed by atoms with Crippen LogP contribution in [-0.2, 0) is 10.0 Å². The number of rotatable bonds is 3. The Morgan fingerprint density at radius 2 is 1.71 bits per heavy atom. The highest BCUT2D eigenvalue weighted by atomic mass is 35.5. The van der Waals surface area contributed by atoms with E-state index in [1.54, 1.807) is 53.2 Å². The van der Waals surface area contributed by atoms with E-state index in [1.165, 1.54) is 10.4 Å². The monoisotopic (exact) mass is 454 g/mol. The van der Waals surface area contributed by atoms with Gasteiger partial charge in [0.25, 0.3) is 5.56 Å². The molecule has 7 nitrogen and oxygen atoms in total. The van der Waals surface area contributed by atoms with Crippen LogP contribution in [0.3, 0.4) is 0 Å². The Bertz CT molecular complexity index is 1460. The fourth-order valence-electron chi connectivity index (χ4n) is 3.94. The Hall–Kier alpha value is -2.78. The second kappa shape index (κ2) is 7.72. The normalized spacial score (nSPS) is 15.5. The summed E-state index contributed by atoms with van der Waals surface area (Å²) in [5.74, 6) is 0. The third-order valence-corrected chi connectivity index (χ3v) is 7.64. The topological polar surface area (TPSA) is 84.3 Å². The lowest BCUT2D eigenvalue weighted by molar-refractivity contribution is 0.360. The zero-order chi connectivity index (χ0) is 21.6. The largest absolute Gasteiger partial charge is 0.314 e. The van der Waals surface area contributed by atoms with Gasteiger partial charge in [-0.15, -0.1) is 0 Å². The first kappa shape index (κ1) is 20.1. The fraction of sp³-hybridized carbons (Fsp3) is 0.182. The first-order valence-corrected chi connectivity index (χ1v) is 11.7. The number of benzene rings is 2. The Balaban J connectivity index is 1.67. The molecule has 0 radical (unpaired) electrons. The maximum Gasteiger partial charge on any atom is 0.255 e. The molecule has 1 aliphatic rings. The number of nitrogens with zero attached hydrogens (tertiary/aromatic N) is 3. The van der Waals surface area contributed by atoms with Crippen molar-refractivity contribution < 1.29 is 8.42 Å². The van der Waals surface area contributed by atoms with Gasteiger partial charge in [-0.1, -0.05) is 11.6 Å². The molecule has 1 saturated heterocycles. The van der Waals surface area contributed by atoms with Crippen molar-refractivity contribution in [2.24, 2.45) is 0 Å². The molecule has 0 unspecified atom stereocenters. The van der Waals surface area contributed by atoms with Crippen molar-refractivity contribution in [3.8, 4) is 5.69 Å². The van der Waals surface area contributed by atoms with Crippen molar-refractivity contribution in [3.63, 3.8) is 0 Å². The molecule has 31 heavy (non-hydrogen) atoms. The highest BCUT2D eigenvalue weighted by Gasteiger charge is 2.25. The van der Waals surface area contributed by atoms with Gasteiger partial charge in [0.2, 0.25) is 10.0 Å². The van der Waals surface area contributed by atoms with Crippen molar-refractivity contribution in [1.82, 2.24) is 19.2 Å². The summed E-state index contributed by atoms with van der Waals surface area (Å²) in [6, 6.07) is 15.0. The average Bonchev–Trinajstić information content (AvgIpc) is 2.79. The van der Waals surface area contributed by atoms with Crippen LogP contribution in [0.2, 0.25) is 5.02 Å². The molecule has 9 heteroatoms. The summed E-state index contributed by atoms with van der Waals surface area (Å²) in [6.45, 7) is 2.14. The lowest BCUT2D eigenvalue weighted by Gasteiger charge is -2.26. The van der Waals surface area contributed by atoms with Gasteiger partial charge < -0.3 is 5.32 Å². The smallest absolute Gasteiger partial charge is 0.255 e.